The van der Waals surface area contributed by atoms with Gasteiger partial charge in [-0.3, -0.25) is 4.98 Å². The van der Waals surface area contributed by atoms with Crippen molar-refractivity contribution in [2.75, 3.05) is 24.7 Å². The second kappa shape index (κ2) is 6.09. The summed E-state index contributed by atoms with van der Waals surface area (Å²) >= 11 is 3.33. The molecule has 0 radical (unpaired) electrons. The molecule has 112 valence electrons. The molecular formula is C13H18BrNO4S. The van der Waals surface area contributed by atoms with Gasteiger partial charge in [0.15, 0.2) is 9.84 Å². The maximum Gasteiger partial charge on any atom is 0.150 e. The SMILES string of the molecule is O=S1(=O)CCC(C(CO)(CO)Cc2cncc(Br)c2)C1. The molecule has 5 nitrogen and oxygen atoms in total. The van der Waals surface area contributed by atoms with Crippen molar-refractivity contribution in [2.24, 2.45) is 11.3 Å². The molecular weight excluding hydrogens is 346 g/mol. The molecule has 1 aromatic rings. The van der Waals surface area contributed by atoms with Crippen LogP contribution in [0, 0.1) is 11.3 Å². The Morgan fingerprint density at radius 3 is 2.55 bits per heavy atom. The van der Waals surface area contributed by atoms with Crippen LogP contribution >= 0.6 is 15.9 Å². The van der Waals surface area contributed by atoms with Gasteiger partial charge in [-0.05, 0) is 46.3 Å². The fourth-order valence-corrected chi connectivity index (χ4v) is 5.16. The summed E-state index contributed by atoms with van der Waals surface area (Å²) in [5.74, 6) is -0.0485. The number of hydrogen-bond acceptors (Lipinski definition) is 5. The van der Waals surface area contributed by atoms with E-state index < -0.39 is 15.3 Å². The highest BCUT2D eigenvalue weighted by molar-refractivity contribution is 9.10. The molecule has 1 unspecified atom stereocenters. The van der Waals surface area contributed by atoms with E-state index in [9.17, 15) is 18.6 Å². The second-order valence-electron chi connectivity index (χ2n) is 5.47. The first kappa shape index (κ1) is 15.9. The Morgan fingerprint density at radius 1 is 1.35 bits per heavy atom. The zero-order valence-electron chi connectivity index (χ0n) is 11.0. The van der Waals surface area contributed by atoms with Crippen LogP contribution in [-0.4, -0.2) is 48.3 Å². The van der Waals surface area contributed by atoms with Crippen LogP contribution in [0.15, 0.2) is 22.9 Å². The summed E-state index contributed by atoms with van der Waals surface area (Å²) in [5, 5.41) is 19.5. The topological polar surface area (TPSA) is 87.5 Å². The highest BCUT2D eigenvalue weighted by Crippen LogP contribution is 2.38. The van der Waals surface area contributed by atoms with Crippen molar-refractivity contribution in [1.82, 2.24) is 4.98 Å². The van der Waals surface area contributed by atoms with Gasteiger partial charge in [0, 0.05) is 22.3 Å². The van der Waals surface area contributed by atoms with Gasteiger partial charge in [0.2, 0.25) is 0 Å². The van der Waals surface area contributed by atoms with Gasteiger partial charge in [-0.15, -0.1) is 0 Å². The Bertz CT molecular complexity index is 571. The number of pyridine rings is 1. The van der Waals surface area contributed by atoms with E-state index in [4.69, 9.17) is 0 Å². The highest BCUT2D eigenvalue weighted by Gasteiger charge is 2.44. The van der Waals surface area contributed by atoms with Crippen LogP contribution in [0.4, 0.5) is 0 Å². The van der Waals surface area contributed by atoms with Crippen molar-refractivity contribution in [3.8, 4) is 0 Å². The third-order valence-electron chi connectivity index (χ3n) is 4.05. The number of rotatable bonds is 5. The summed E-state index contributed by atoms with van der Waals surface area (Å²) < 4.78 is 24.1. The molecule has 0 bridgehead atoms. The van der Waals surface area contributed by atoms with Gasteiger partial charge in [-0.1, -0.05) is 0 Å². The van der Waals surface area contributed by atoms with E-state index in [1.807, 2.05) is 6.07 Å². The quantitative estimate of drug-likeness (QED) is 0.807. The predicted octanol–water partition coefficient (Wildman–Crippen LogP) is 0.792. The molecule has 1 aliphatic heterocycles. The minimum absolute atomic E-state index is 0.0373. The molecule has 2 heterocycles. The Labute approximate surface area is 127 Å². The molecule has 7 heteroatoms. The summed E-state index contributed by atoms with van der Waals surface area (Å²) in [5.41, 5.74) is 0.0539. The molecule has 2 N–H and O–H groups in total. The minimum atomic E-state index is -3.05. The Hall–Kier alpha value is -0.500. The smallest absolute Gasteiger partial charge is 0.150 e. The van der Waals surface area contributed by atoms with E-state index in [-0.39, 0.29) is 30.6 Å². The van der Waals surface area contributed by atoms with E-state index in [0.29, 0.717) is 12.8 Å². The molecule has 1 aliphatic rings. The van der Waals surface area contributed by atoms with Crippen LogP contribution < -0.4 is 0 Å². The van der Waals surface area contributed by atoms with Crippen LogP contribution in [0.2, 0.25) is 0 Å². The van der Waals surface area contributed by atoms with Crippen molar-refractivity contribution in [3.05, 3.63) is 28.5 Å². The molecule has 0 saturated carbocycles. The van der Waals surface area contributed by atoms with E-state index in [1.165, 1.54) is 0 Å². The maximum absolute atomic E-state index is 11.6. The molecule has 0 aromatic carbocycles. The molecule has 2 rings (SSSR count). The Balaban J connectivity index is 2.26. The summed E-state index contributed by atoms with van der Waals surface area (Å²) in [6, 6.07) is 1.87. The number of aromatic nitrogens is 1. The first-order chi connectivity index (χ1) is 9.41. The fraction of sp³-hybridized carbons (Fsp3) is 0.615. The van der Waals surface area contributed by atoms with Gasteiger partial charge in [0.25, 0.3) is 0 Å². The maximum atomic E-state index is 11.6. The average Bonchev–Trinajstić information content (AvgIpc) is 2.77. The van der Waals surface area contributed by atoms with Crippen LogP contribution in [0.25, 0.3) is 0 Å². The zero-order chi connectivity index (χ0) is 14.8. The lowest BCUT2D eigenvalue weighted by molar-refractivity contribution is 0.0124. The highest BCUT2D eigenvalue weighted by atomic mass is 79.9. The lowest BCUT2D eigenvalue weighted by Crippen LogP contribution is -2.41. The largest absolute Gasteiger partial charge is 0.396 e. The van der Waals surface area contributed by atoms with Gasteiger partial charge in [-0.2, -0.15) is 0 Å². The van der Waals surface area contributed by atoms with Gasteiger partial charge in [0.05, 0.1) is 24.7 Å². The van der Waals surface area contributed by atoms with E-state index in [2.05, 4.69) is 20.9 Å². The molecule has 20 heavy (non-hydrogen) atoms. The average molecular weight is 364 g/mol. The van der Waals surface area contributed by atoms with E-state index in [1.54, 1.807) is 12.4 Å². The number of halogens is 1. The fourth-order valence-electron chi connectivity index (χ4n) is 2.80. The Kier molecular flexibility index (Phi) is 4.84. The summed E-state index contributed by atoms with van der Waals surface area (Å²) in [7, 11) is -3.05. The molecule has 1 aromatic heterocycles. The van der Waals surface area contributed by atoms with Crippen molar-refractivity contribution < 1.29 is 18.6 Å². The molecule has 1 saturated heterocycles. The third-order valence-corrected chi connectivity index (χ3v) is 6.25. The number of sulfone groups is 1. The van der Waals surface area contributed by atoms with Gasteiger partial charge < -0.3 is 10.2 Å². The molecule has 1 atom stereocenters. The van der Waals surface area contributed by atoms with Crippen LogP contribution in [0.5, 0.6) is 0 Å². The number of aliphatic hydroxyl groups excluding tert-OH is 2. The monoisotopic (exact) mass is 363 g/mol. The normalized spacial score (nSPS) is 22.1. The van der Waals surface area contributed by atoms with Gasteiger partial charge in [0.1, 0.15) is 0 Å². The van der Waals surface area contributed by atoms with Crippen LogP contribution in [0.1, 0.15) is 12.0 Å². The summed E-state index contributed by atoms with van der Waals surface area (Å²) in [4.78, 5) is 4.06. The lowest BCUT2D eigenvalue weighted by Gasteiger charge is -2.35. The molecule has 0 aliphatic carbocycles. The van der Waals surface area contributed by atoms with Crippen molar-refractivity contribution in [1.29, 1.82) is 0 Å². The first-order valence-corrected chi connectivity index (χ1v) is 9.04. The predicted molar refractivity (Wildman–Crippen MR) is 79.0 cm³/mol. The number of aliphatic hydroxyl groups is 2. The van der Waals surface area contributed by atoms with E-state index in [0.717, 1.165) is 10.0 Å². The van der Waals surface area contributed by atoms with Gasteiger partial charge in [-0.25, -0.2) is 8.42 Å². The molecule has 0 spiro atoms. The van der Waals surface area contributed by atoms with Crippen molar-refractivity contribution in [2.45, 2.75) is 12.8 Å². The van der Waals surface area contributed by atoms with E-state index >= 15 is 0 Å². The standard InChI is InChI=1S/C13H18BrNO4S/c14-12-3-10(5-15-6-12)4-13(8-16,9-17)11-1-2-20(18,19)7-11/h3,5-6,11,16-17H,1-2,4,7-9H2. The third kappa shape index (κ3) is 3.39. The van der Waals surface area contributed by atoms with Gasteiger partial charge >= 0.3 is 0 Å². The molecule has 1 fully saturated rings. The second-order valence-corrected chi connectivity index (χ2v) is 8.61. The first-order valence-electron chi connectivity index (χ1n) is 6.42. The Morgan fingerprint density at radius 2 is 2.05 bits per heavy atom. The molecule has 0 amide bonds. The number of hydrogen-bond donors (Lipinski definition) is 2. The summed E-state index contributed by atoms with van der Waals surface area (Å²) in [6.45, 7) is -0.480. The minimum Gasteiger partial charge on any atom is -0.396 e. The number of nitrogens with zero attached hydrogens (tertiary/aromatic N) is 1. The zero-order valence-corrected chi connectivity index (χ0v) is 13.4. The van der Waals surface area contributed by atoms with Crippen molar-refractivity contribution >= 4 is 25.8 Å². The lowest BCUT2D eigenvalue weighted by atomic mass is 9.72. The summed E-state index contributed by atoms with van der Waals surface area (Å²) in [6.07, 6.45) is 4.23. The van der Waals surface area contributed by atoms with Crippen LogP contribution in [0.3, 0.4) is 0 Å². The van der Waals surface area contributed by atoms with Crippen LogP contribution in [-0.2, 0) is 16.3 Å². The van der Waals surface area contributed by atoms with Crippen molar-refractivity contribution in [3.63, 3.8) is 0 Å².